The first kappa shape index (κ1) is 21.6. The van der Waals surface area contributed by atoms with Crippen molar-refractivity contribution in [3.8, 4) is 11.3 Å². The number of piperidine rings is 1. The molecular formula is C25H21FN6O2. The Hall–Kier alpha value is -4.27. The van der Waals surface area contributed by atoms with Gasteiger partial charge in [0.1, 0.15) is 5.82 Å². The van der Waals surface area contributed by atoms with Crippen LogP contribution in [0.25, 0.3) is 22.3 Å². The average molecular weight is 456 g/mol. The van der Waals surface area contributed by atoms with Crippen LogP contribution in [0, 0.1) is 5.82 Å². The average Bonchev–Trinajstić information content (AvgIpc) is 2.83. The van der Waals surface area contributed by atoms with Crippen LogP contribution >= 0.6 is 0 Å². The predicted molar refractivity (Wildman–Crippen MR) is 126 cm³/mol. The normalized spacial score (nSPS) is 16.0. The SMILES string of the molecule is CC(=O)Nc1cccc(-c2nccnc2C2CCN(c3cnc4ccc(F)cc4n3)C(=O)C2)c1. The number of hydrogen-bond donors (Lipinski definition) is 1. The highest BCUT2D eigenvalue weighted by Crippen LogP contribution is 2.35. The molecule has 0 bridgehead atoms. The smallest absolute Gasteiger partial charge is 0.228 e. The third-order valence-electron chi connectivity index (χ3n) is 5.76. The molecular weight excluding hydrogens is 435 g/mol. The summed E-state index contributed by atoms with van der Waals surface area (Å²) in [5, 5.41) is 2.78. The standard InChI is InChI=1S/C25H21FN6O2/c1-15(33)30-19-4-2-3-16(11-19)24-25(28-9-8-27-24)17-7-10-32(23(34)12-17)22-14-29-20-6-5-18(26)13-21(20)31-22/h2-6,8-9,11,13-14,17H,7,10,12H2,1H3,(H,30,33). The van der Waals surface area contributed by atoms with Crippen LogP contribution in [0.15, 0.2) is 61.1 Å². The van der Waals surface area contributed by atoms with E-state index >= 15 is 0 Å². The third kappa shape index (κ3) is 4.32. The maximum absolute atomic E-state index is 13.6. The van der Waals surface area contributed by atoms with Gasteiger partial charge in [-0.15, -0.1) is 0 Å². The van der Waals surface area contributed by atoms with E-state index in [1.165, 1.54) is 19.1 Å². The number of aromatic nitrogens is 4. The molecule has 1 aliphatic heterocycles. The summed E-state index contributed by atoms with van der Waals surface area (Å²) in [6.45, 7) is 1.89. The molecule has 1 unspecified atom stereocenters. The quantitative estimate of drug-likeness (QED) is 0.496. The van der Waals surface area contributed by atoms with Gasteiger partial charge in [-0.1, -0.05) is 12.1 Å². The van der Waals surface area contributed by atoms with Gasteiger partial charge in [0.2, 0.25) is 11.8 Å². The molecule has 1 saturated heterocycles. The lowest BCUT2D eigenvalue weighted by molar-refractivity contribution is -0.120. The molecule has 8 nitrogen and oxygen atoms in total. The van der Waals surface area contributed by atoms with Crippen molar-refractivity contribution < 1.29 is 14.0 Å². The Morgan fingerprint density at radius 3 is 2.76 bits per heavy atom. The van der Waals surface area contributed by atoms with Gasteiger partial charge in [-0.3, -0.25) is 29.4 Å². The van der Waals surface area contributed by atoms with Crippen molar-refractivity contribution in [3.63, 3.8) is 0 Å². The monoisotopic (exact) mass is 456 g/mol. The van der Waals surface area contributed by atoms with Crippen molar-refractivity contribution >= 4 is 34.4 Å². The van der Waals surface area contributed by atoms with Crippen molar-refractivity contribution in [2.45, 2.75) is 25.7 Å². The van der Waals surface area contributed by atoms with E-state index in [-0.39, 0.29) is 24.2 Å². The highest BCUT2D eigenvalue weighted by Gasteiger charge is 2.31. The minimum Gasteiger partial charge on any atom is -0.326 e. The van der Waals surface area contributed by atoms with Gasteiger partial charge < -0.3 is 5.32 Å². The highest BCUT2D eigenvalue weighted by atomic mass is 19.1. The maximum Gasteiger partial charge on any atom is 0.228 e. The number of hydrogen-bond acceptors (Lipinski definition) is 6. The zero-order valence-corrected chi connectivity index (χ0v) is 18.4. The Morgan fingerprint density at radius 1 is 1.09 bits per heavy atom. The van der Waals surface area contributed by atoms with E-state index in [9.17, 15) is 14.0 Å². The second-order valence-electron chi connectivity index (χ2n) is 8.15. The van der Waals surface area contributed by atoms with Crippen molar-refractivity contribution in [2.24, 2.45) is 0 Å². The van der Waals surface area contributed by atoms with Crippen LogP contribution in [-0.2, 0) is 9.59 Å². The fraction of sp³-hybridized carbons (Fsp3) is 0.200. The zero-order valence-electron chi connectivity index (χ0n) is 18.4. The zero-order chi connectivity index (χ0) is 23.7. The summed E-state index contributed by atoms with van der Waals surface area (Å²) in [6.07, 6.45) is 5.67. The lowest BCUT2D eigenvalue weighted by Crippen LogP contribution is -2.39. The molecule has 9 heteroatoms. The summed E-state index contributed by atoms with van der Waals surface area (Å²) in [5.41, 5.74) is 3.87. The first-order valence-electron chi connectivity index (χ1n) is 10.9. The first-order chi connectivity index (χ1) is 16.5. The number of halogens is 1. The van der Waals surface area contributed by atoms with Crippen LogP contribution in [-0.4, -0.2) is 38.3 Å². The van der Waals surface area contributed by atoms with E-state index < -0.39 is 5.82 Å². The van der Waals surface area contributed by atoms with Crippen LogP contribution in [0.3, 0.4) is 0 Å². The van der Waals surface area contributed by atoms with E-state index in [2.05, 4.69) is 25.3 Å². The van der Waals surface area contributed by atoms with Gasteiger partial charge in [-0.05, 0) is 30.7 Å². The van der Waals surface area contributed by atoms with Crippen molar-refractivity contribution in [1.82, 2.24) is 19.9 Å². The van der Waals surface area contributed by atoms with Gasteiger partial charge in [-0.25, -0.2) is 9.37 Å². The number of fused-ring (bicyclic) bond motifs is 1. The summed E-state index contributed by atoms with van der Waals surface area (Å²) in [6, 6.07) is 11.6. The molecule has 170 valence electrons. The predicted octanol–water partition coefficient (Wildman–Crippen LogP) is 4.09. The Morgan fingerprint density at radius 2 is 1.94 bits per heavy atom. The van der Waals surface area contributed by atoms with Crippen LogP contribution in [0.5, 0.6) is 0 Å². The van der Waals surface area contributed by atoms with E-state index in [0.29, 0.717) is 41.2 Å². The molecule has 3 heterocycles. The number of carbonyl (C=O) groups is 2. The second kappa shape index (κ2) is 8.93. The number of anilines is 2. The van der Waals surface area contributed by atoms with Gasteiger partial charge in [0.05, 0.1) is 28.6 Å². The molecule has 1 atom stereocenters. The molecule has 0 spiro atoms. The van der Waals surface area contributed by atoms with E-state index in [4.69, 9.17) is 0 Å². The van der Waals surface area contributed by atoms with Crippen molar-refractivity contribution in [1.29, 1.82) is 0 Å². The molecule has 34 heavy (non-hydrogen) atoms. The number of nitrogens with zero attached hydrogens (tertiary/aromatic N) is 5. The fourth-order valence-electron chi connectivity index (χ4n) is 4.23. The molecule has 0 saturated carbocycles. The number of benzene rings is 2. The Bertz CT molecular complexity index is 1410. The van der Waals surface area contributed by atoms with Crippen molar-refractivity contribution in [2.75, 3.05) is 16.8 Å². The van der Waals surface area contributed by atoms with Crippen LogP contribution in [0.2, 0.25) is 0 Å². The Balaban J connectivity index is 1.40. The summed E-state index contributed by atoms with van der Waals surface area (Å²) in [4.78, 5) is 44.0. The van der Waals surface area contributed by atoms with Gasteiger partial charge in [0, 0.05) is 55.5 Å². The molecule has 1 fully saturated rings. The summed E-state index contributed by atoms with van der Waals surface area (Å²) < 4.78 is 13.6. The summed E-state index contributed by atoms with van der Waals surface area (Å²) >= 11 is 0. The lowest BCUT2D eigenvalue weighted by atomic mass is 9.90. The Kier molecular flexibility index (Phi) is 5.67. The fourth-order valence-corrected chi connectivity index (χ4v) is 4.23. The number of amides is 2. The van der Waals surface area contributed by atoms with E-state index in [1.807, 2.05) is 18.2 Å². The van der Waals surface area contributed by atoms with E-state index in [1.54, 1.807) is 35.6 Å². The summed E-state index contributed by atoms with van der Waals surface area (Å²) in [7, 11) is 0. The van der Waals surface area contributed by atoms with E-state index in [0.717, 1.165) is 11.3 Å². The molecule has 1 aliphatic rings. The van der Waals surface area contributed by atoms with Gasteiger partial charge in [0.15, 0.2) is 5.82 Å². The van der Waals surface area contributed by atoms with Crippen molar-refractivity contribution in [3.05, 3.63) is 72.6 Å². The van der Waals surface area contributed by atoms with Crippen LogP contribution in [0.4, 0.5) is 15.9 Å². The van der Waals surface area contributed by atoms with Gasteiger partial charge in [-0.2, -0.15) is 0 Å². The largest absolute Gasteiger partial charge is 0.326 e. The van der Waals surface area contributed by atoms with Crippen LogP contribution < -0.4 is 10.2 Å². The van der Waals surface area contributed by atoms with Gasteiger partial charge in [0.25, 0.3) is 0 Å². The number of rotatable bonds is 4. The minimum absolute atomic E-state index is 0.107. The highest BCUT2D eigenvalue weighted by molar-refractivity contribution is 5.94. The first-order valence-corrected chi connectivity index (χ1v) is 10.9. The molecule has 2 amide bonds. The number of nitrogens with one attached hydrogen (secondary N) is 1. The molecule has 4 aromatic rings. The maximum atomic E-state index is 13.6. The molecule has 1 N–H and O–H groups in total. The van der Waals surface area contributed by atoms with Gasteiger partial charge >= 0.3 is 0 Å². The number of carbonyl (C=O) groups excluding carboxylic acids is 2. The van der Waals surface area contributed by atoms with Crippen LogP contribution in [0.1, 0.15) is 31.4 Å². The molecule has 2 aromatic carbocycles. The molecule has 2 aromatic heterocycles. The lowest BCUT2D eigenvalue weighted by Gasteiger charge is -2.31. The third-order valence-corrected chi connectivity index (χ3v) is 5.76. The second-order valence-corrected chi connectivity index (χ2v) is 8.15. The topological polar surface area (TPSA) is 101 Å². The molecule has 0 radical (unpaired) electrons. The Labute approximate surface area is 194 Å². The minimum atomic E-state index is -0.401. The molecule has 5 rings (SSSR count). The molecule has 0 aliphatic carbocycles. The summed E-state index contributed by atoms with van der Waals surface area (Å²) in [5.74, 6) is -0.382.